The fourth-order valence-corrected chi connectivity index (χ4v) is 7.27. The molecule has 11 nitrogen and oxygen atoms in total. The van der Waals surface area contributed by atoms with E-state index in [1.54, 1.807) is 12.3 Å². The first-order valence-corrected chi connectivity index (χ1v) is 15.0. The van der Waals surface area contributed by atoms with Gasteiger partial charge in [-0.2, -0.15) is 0 Å². The molecule has 2 aromatic heterocycles. The summed E-state index contributed by atoms with van der Waals surface area (Å²) in [6.45, 7) is 3.74. The van der Waals surface area contributed by atoms with Crippen molar-refractivity contribution < 1.29 is 17.6 Å². The Bertz CT molecular complexity index is 1530. The number of sulfonamides is 1. The largest absolute Gasteiger partial charge is 0.416 e. The molecule has 1 saturated carbocycles. The van der Waals surface area contributed by atoms with Crippen LogP contribution in [-0.4, -0.2) is 79.4 Å². The highest BCUT2D eigenvalue weighted by Crippen LogP contribution is 2.44. The van der Waals surface area contributed by atoms with Crippen LogP contribution in [0.4, 0.5) is 17.2 Å². The molecule has 1 amide bonds. The summed E-state index contributed by atoms with van der Waals surface area (Å²) in [6, 6.07) is 9.20. The number of benzene rings is 1. The monoisotopic (exact) mass is 549 g/mol. The quantitative estimate of drug-likeness (QED) is 0.525. The maximum absolute atomic E-state index is 12.9. The lowest BCUT2D eigenvalue weighted by Crippen LogP contribution is -2.62. The summed E-state index contributed by atoms with van der Waals surface area (Å²) in [6.07, 6.45) is 5.44. The Balaban J connectivity index is 1.28. The van der Waals surface area contributed by atoms with Gasteiger partial charge in [0.2, 0.25) is 27.7 Å². The van der Waals surface area contributed by atoms with Crippen LogP contribution in [0.25, 0.3) is 22.9 Å². The summed E-state index contributed by atoms with van der Waals surface area (Å²) in [4.78, 5) is 23.6. The number of hydrogen-bond acceptors (Lipinski definition) is 9. The van der Waals surface area contributed by atoms with Crippen LogP contribution in [0.15, 0.2) is 40.9 Å². The Morgan fingerprint density at radius 1 is 1.00 bits per heavy atom. The van der Waals surface area contributed by atoms with E-state index in [1.165, 1.54) is 0 Å². The molecule has 5 aliphatic heterocycles. The fourth-order valence-electron chi connectivity index (χ4n) is 5.89. The van der Waals surface area contributed by atoms with Crippen LogP contribution >= 0.6 is 0 Å². The molecule has 0 atom stereocenters. The van der Waals surface area contributed by atoms with Crippen LogP contribution in [0.2, 0.25) is 0 Å². The molecule has 39 heavy (non-hydrogen) atoms. The van der Waals surface area contributed by atoms with Gasteiger partial charge in [0, 0.05) is 63.4 Å². The second kappa shape index (κ2) is 8.94. The number of nitrogens with one attached hydrogen (secondary N) is 1. The van der Waals surface area contributed by atoms with Crippen molar-refractivity contribution in [1.82, 2.24) is 20.1 Å². The standard InChI is InChI=1S/C27H31N7O4S/c1-32-11-7-24(35)34-16-27(17-34)8-12-33(13-9-27)22-15-19(31-39(36,37)20-3-4-20)2-5-21(22)26-30-29-25(38-26)18-6-10-28-23(32)14-18/h2,5-6,10,14-15,20,31H,3-4,7-9,11-13,16-17H2,1H3. The summed E-state index contributed by atoms with van der Waals surface area (Å²) in [5.41, 5.74) is 3.03. The lowest BCUT2D eigenvalue weighted by Gasteiger charge is -2.54. The number of anilines is 3. The molecule has 7 bridgehead atoms. The van der Waals surface area contributed by atoms with Crippen molar-refractivity contribution in [2.75, 3.05) is 54.3 Å². The van der Waals surface area contributed by atoms with Gasteiger partial charge >= 0.3 is 0 Å². The van der Waals surface area contributed by atoms with E-state index in [-0.39, 0.29) is 16.6 Å². The normalized spacial score (nSPS) is 20.6. The molecule has 1 N–H and O–H groups in total. The molecule has 204 valence electrons. The van der Waals surface area contributed by atoms with E-state index in [1.807, 2.05) is 41.1 Å². The predicted octanol–water partition coefficient (Wildman–Crippen LogP) is 2.97. The number of nitrogens with zero attached hydrogens (tertiary/aromatic N) is 6. The molecule has 12 heteroatoms. The molecule has 1 aliphatic carbocycles. The first kappa shape index (κ1) is 24.4. The smallest absolute Gasteiger partial charge is 0.250 e. The molecule has 3 aromatic rings. The second-order valence-electron chi connectivity index (χ2n) is 11.3. The molecule has 1 spiro atoms. The lowest BCUT2D eigenvalue weighted by atomic mass is 9.71. The number of carbonyl (C=O) groups excluding carboxylic acids is 1. The van der Waals surface area contributed by atoms with Crippen molar-refractivity contribution in [2.24, 2.45) is 5.41 Å². The number of fused-ring (bicyclic) bond motifs is 1. The number of aromatic nitrogens is 3. The third kappa shape index (κ3) is 4.50. The Hall–Kier alpha value is -3.67. The van der Waals surface area contributed by atoms with Gasteiger partial charge < -0.3 is 19.1 Å². The van der Waals surface area contributed by atoms with Crippen LogP contribution in [0.5, 0.6) is 0 Å². The molecule has 1 aromatic carbocycles. The Labute approximate surface area is 227 Å². The summed E-state index contributed by atoms with van der Waals surface area (Å²) in [7, 11) is -1.47. The molecule has 6 aliphatic rings. The highest BCUT2D eigenvalue weighted by Gasteiger charge is 2.46. The van der Waals surface area contributed by atoms with Crippen LogP contribution in [-0.2, 0) is 14.8 Å². The van der Waals surface area contributed by atoms with Crippen molar-refractivity contribution in [3.8, 4) is 22.9 Å². The van der Waals surface area contributed by atoms with Crippen molar-refractivity contribution in [3.05, 3.63) is 36.5 Å². The molecular formula is C27H31N7O4S. The Morgan fingerprint density at radius 2 is 1.77 bits per heavy atom. The van der Waals surface area contributed by atoms with Gasteiger partial charge in [-0.1, -0.05) is 0 Å². The maximum atomic E-state index is 12.9. The minimum absolute atomic E-state index is 0.141. The molecule has 2 saturated heterocycles. The number of carbonyl (C=O) groups is 1. The maximum Gasteiger partial charge on any atom is 0.250 e. The minimum atomic E-state index is -3.40. The van der Waals surface area contributed by atoms with Crippen LogP contribution in [0.3, 0.4) is 0 Å². The average molecular weight is 550 g/mol. The van der Waals surface area contributed by atoms with Gasteiger partial charge in [-0.3, -0.25) is 9.52 Å². The second-order valence-corrected chi connectivity index (χ2v) is 13.3. The summed E-state index contributed by atoms with van der Waals surface area (Å²) in [5.74, 6) is 1.64. The van der Waals surface area contributed by atoms with Crippen molar-refractivity contribution in [3.63, 3.8) is 0 Å². The van der Waals surface area contributed by atoms with E-state index in [0.29, 0.717) is 43.3 Å². The first-order chi connectivity index (χ1) is 18.8. The van der Waals surface area contributed by atoms with E-state index < -0.39 is 10.0 Å². The zero-order valence-electron chi connectivity index (χ0n) is 21.8. The number of amides is 1. The number of pyridine rings is 1. The van der Waals surface area contributed by atoms with Gasteiger partial charge in [-0.05, 0) is 56.0 Å². The zero-order chi connectivity index (χ0) is 26.8. The number of piperidine rings is 1. The van der Waals surface area contributed by atoms with Gasteiger partial charge in [-0.15, -0.1) is 10.2 Å². The van der Waals surface area contributed by atoms with Gasteiger partial charge in [0.25, 0.3) is 0 Å². The van der Waals surface area contributed by atoms with Gasteiger partial charge in [0.05, 0.1) is 22.2 Å². The summed E-state index contributed by atoms with van der Waals surface area (Å²) >= 11 is 0. The van der Waals surface area contributed by atoms with E-state index >= 15 is 0 Å². The molecule has 3 fully saturated rings. The molecule has 7 heterocycles. The molecule has 0 radical (unpaired) electrons. The van der Waals surface area contributed by atoms with Crippen molar-refractivity contribution >= 4 is 33.1 Å². The van der Waals surface area contributed by atoms with Gasteiger partial charge in [-0.25, -0.2) is 13.4 Å². The highest BCUT2D eigenvalue weighted by atomic mass is 32.2. The molecular weight excluding hydrogens is 518 g/mol. The first-order valence-electron chi connectivity index (χ1n) is 13.5. The number of rotatable bonds is 3. The zero-order valence-corrected chi connectivity index (χ0v) is 22.7. The van der Waals surface area contributed by atoms with E-state index in [2.05, 4.69) is 24.8 Å². The Kier molecular flexibility index (Phi) is 5.58. The van der Waals surface area contributed by atoms with E-state index in [4.69, 9.17) is 4.42 Å². The van der Waals surface area contributed by atoms with E-state index in [9.17, 15) is 13.2 Å². The highest BCUT2D eigenvalue weighted by molar-refractivity contribution is 7.93. The van der Waals surface area contributed by atoms with Crippen LogP contribution < -0.4 is 14.5 Å². The average Bonchev–Trinajstić information content (AvgIpc) is 3.68. The summed E-state index contributed by atoms with van der Waals surface area (Å²) < 4.78 is 34.3. The third-order valence-corrected chi connectivity index (χ3v) is 10.4. The minimum Gasteiger partial charge on any atom is -0.416 e. The SMILES string of the molecule is CN1CCC(=O)N2CC3(CCN(CC3)c3cc(NS(=O)(=O)C4CC4)ccc3-c3nnc(o3)-c3ccnc1c3)C2. The predicted molar refractivity (Wildman–Crippen MR) is 147 cm³/mol. The number of hydrogen-bond donors (Lipinski definition) is 1. The van der Waals surface area contributed by atoms with Crippen molar-refractivity contribution in [1.29, 1.82) is 0 Å². The van der Waals surface area contributed by atoms with Gasteiger partial charge in [0.1, 0.15) is 5.82 Å². The van der Waals surface area contributed by atoms with Crippen LogP contribution in [0.1, 0.15) is 32.1 Å². The third-order valence-electron chi connectivity index (χ3n) is 8.49. The molecule has 9 rings (SSSR count). The van der Waals surface area contributed by atoms with Crippen molar-refractivity contribution in [2.45, 2.75) is 37.4 Å². The fraction of sp³-hybridized carbons (Fsp3) is 0.481. The van der Waals surface area contributed by atoms with E-state index in [0.717, 1.165) is 61.7 Å². The molecule has 0 unspecified atom stereocenters. The topological polar surface area (TPSA) is 125 Å². The van der Waals surface area contributed by atoms with Crippen LogP contribution in [0, 0.1) is 5.41 Å². The van der Waals surface area contributed by atoms with Gasteiger partial charge in [0.15, 0.2) is 0 Å². The summed E-state index contributed by atoms with van der Waals surface area (Å²) in [5, 5.41) is 8.39. The Morgan fingerprint density at radius 3 is 2.54 bits per heavy atom. The lowest BCUT2D eigenvalue weighted by molar-refractivity contribution is -0.144.